The Hall–Kier alpha value is -1.75. The van der Waals surface area contributed by atoms with Crippen LogP contribution in [-0.4, -0.2) is 18.2 Å². The lowest BCUT2D eigenvalue weighted by molar-refractivity contribution is -0.131. The Morgan fingerprint density at radius 3 is 2.71 bits per heavy atom. The van der Waals surface area contributed by atoms with Crippen LogP contribution in [0.4, 0.5) is 0 Å². The van der Waals surface area contributed by atoms with Gasteiger partial charge in [-0.15, -0.1) is 11.3 Å². The van der Waals surface area contributed by atoms with E-state index in [0.717, 1.165) is 15.0 Å². The van der Waals surface area contributed by atoms with E-state index in [4.69, 9.17) is 9.47 Å². The third-order valence-electron chi connectivity index (χ3n) is 2.33. The van der Waals surface area contributed by atoms with Gasteiger partial charge in [-0.1, -0.05) is 0 Å². The summed E-state index contributed by atoms with van der Waals surface area (Å²) in [6, 6.07) is 3.13. The highest BCUT2D eigenvalue weighted by Crippen LogP contribution is 2.44. The number of methoxy groups -OCH3 is 1. The monoisotopic (exact) mass is 252 g/mol. The predicted octanol–water partition coefficient (Wildman–Crippen LogP) is 2.85. The van der Waals surface area contributed by atoms with Gasteiger partial charge in [0.1, 0.15) is 11.5 Å². The number of fused-ring (bicyclic) bond motifs is 1. The molecule has 0 unspecified atom stereocenters. The third-order valence-corrected chi connectivity index (χ3v) is 3.36. The molecule has 4 nitrogen and oxygen atoms in total. The Morgan fingerprint density at radius 1 is 1.41 bits per heavy atom. The molecule has 0 spiro atoms. The summed E-state index contributed by atoms with van der Waals surface area (Å²) in [4.78, 5) is 11.9. The maximum atomic E-state index is 11.1. The van der Waals surface area contributed by atoms with Gasteiger partial charge in [0.2, 0.25) is 0 Å². The molecule has 1 heterocycles. The summed E-state index contributed by atoms with van der Waals surface area (Å²) < 4.78 is 11.2. The normalized spacial score (nSPS) is 10.5. The lowest BCUT2D eigenvalue weighted by Crippen LogP contribution is -2.01. The molecule has 0 saturated carbocycles. The Kier molecular flexibility index (Phi) is 2.93. The maximum absolute atomic E-state index is 11.1. The lowest BCUT2D eigenvalue weighted by Gasteiger charge is -2.06. The molecular formula is C12H12O4S. The molecule has 0 atom stereocenters. The molecule has 2 aromatic rings. The van der Waals surface area contributed by atoms with Crippen molar-refractivity contribution in [1.29, 1.82) is 0 Å². The van der Waals surface area contributed by atoms with Crippen molar-refractivity contribution < 1.29 is 19.4 Å². The van der Waals surface area contributed by atoms with Gasteiger partial charge in [-0.05, 0) is 13.0 Å². The highest BCUT2D eigenvalue weighted by atomic mass is 32.1. The van der Waals surface area contributed by atoms with Crippen LogP contribution in [0, 0.1) is 6.92 Å². The molecule has 0 radical (unpaired) electrons. The first-order valence-corrected chi connectivity index (χ1v) is 5.83. The fourth-order valence-corrected chi connectivity index (χ4v) is 2.74. The SMILES string of the molecule is COc1cc(O)cc2sc(C)c(OC(C)=O)c12. The molecule has 0 aliphatic carbocycles. The third kappa shape index (κ3) is 2.06. The molecule has 17 heavy (non-hydrogen) atoms. The molecule has 2 rings (SSSR count). The zero-order valence-corrected chi connectivity index (χ0v) is 10.6. The van der Waals surface area contributed by atoms with Crippen LogP contribution >= 0.6 is 11.3 Å². The van der Waals surface area contributed by atoms with Crippen LogP contribution in [0.2, 0.25) is 0 Å². The van der Waals surface area contributed by atoms with Crippen molar-refractivity contribution in [2.45, 2.75) is 13.8 Å². The molecule has 5 heteroatoms. The fraction of sp³-hybridized carbons (Fsp3) is 0.250. The number of phenolic OH excluding ortho intramolecular Hbond substituents is 1. The van der Waals surface area contributed by atoms with Gasteiger partial charge in [0, 0.05) is 22.6 Å². The van der Waals surface area contributed by atoms with Crippen molar-refractivity contribution in [2.75, 3.05) is 7.11 Å². The molecule has 0 amide bonds. The quantitative estimate of drug-likeness (QED) is 0.835. The van der Waals surface area contributed by atoms with Crippen LogP contribution in [0.15, 0.2) is 12.1 Å². The van der Waals surface area contributed by atoms with Crippen molar-refractivity contribution in [3.63, 3.8) is 0 Å². The van der Waals surface area contributed by atoms with E-state index in [-0.39, 0.29) is 11.7 Å². The van der Waals surface area contributed by atoms with Crippen LogP contribution < -0.4 is 9.47 Å². The summed E-state index contributed by atoms with van der Waals surface area (Å²) >= 11 is 1.45. The van der Waals surface area contributed by atoms with Crippen molar-refractivity contribution in [1.82, 2.24) is 0 Å². The molecule has 1 aromatic heterocycles. The van der Waals surface area contributed by atoms with Crippen LogP contribution in [0.25, 0.3) is 10.1 Å². The highest BCUT2D eigenvalue weighted by molar-refractivity contribution is 7.19. The van der Waals surface area contributed by atoms with E-state index in [9.17, 15) is 9.90 Å². The number of hydrogen-bond donors (Lipinski definition) is 1. The van der Waals surface area contributed by atoms with Crippen LogP contribution in [0.1, 0.15) is 11.8 Å². The van der Waals surface area contributed by atoms with Gasteiger partial charge in [-0.25, -0.2) is 0 Å². The van der Waals surface area contributed by atoms with Gasteiger partial charge in [0.15, 0.2) is 5.75 Å². The predicted molar refractivity (Wildman–Crippen MR) is 66.1 cm³/mol. The molecular weight excluding hydrogens is 240 g/mol. The number of ether oxygens (including phenoxy) is 2. The van der Waals surface area contributed by atoms with Gasteiger partial charge < -0.3 is 14.6 Å². The summed E-state index contributed by atoms with van der Waals surface area (Å²) in [5, 5.41) is 10.3. The number of aryl methyl sites for hydroxylation is 1. The topological polar surface area (TPSA) is 55.8 Å². The molecule has 0 bridgehead atoms. The second-order valence-corrected chi connectivity index (χ2v) is 4.86. The van der Waals surface area contributed by atoms with E-state index in [1.807, 2.05) is 6.92 Å². The van der Waals surface area contributed by atoms with Gasteiger partial charge >= 0.3 is 5.97 Å². The van der Waals surface area contributed by atoms with E-state index in [1.54, 1.807) is 6.07 Å². The second-order valence-electron chi connectivity index (χ2n) is 3.60. The van der Waals surface area contributed by atoms with Gasteiger partial charge in [0.05, 0.1) is 12.5 Å². The summed E-state index contributed by atoms with van der Waals surface area (Å²) in [7, 11) is 1.51. The van der Waals surface area contributed by atoms with E-state index in [2.05, 4.69) is 0 Å². The standard InChI is InChI=1S/C12H12O4S/c1-6-12(16-7(2)13)11-9(15-3)4-8(14)5-10(11)17-6/h4-5,14H,1-3H3. The van der Waals surface area contributed by atoms with Crippen LogP contribution in [0.5, 0.6) is 17.2 Å². The molecule has 0 aliphatic heterocycles. The number of phenols is 1. The van der Waals surface area contributed by atoms with E-state index in [0.29, 0.717) is 11.5 Å². The van der Waals surface area contributed by atoms with Gasteiger partial charge in [-0.2, -0.15) is 0 Å². The highest BCUT2D eigenvalue weighted by Gasteiger charge is 2.17. The number of rotatable bonds is 2. The number of benzene rings is 1. The number of aromatic hydroxyl groups is 1. The van der Waals surface area contributed by atoms with E-state index < -0.39 is 0 Å². The molecule has 0 saturated heterocycles. The second kappa shape index (κ2) is 4.25. The minimum atomic E-state index is -0.372. The van der Waals surface area contributed by atoms with Gasteiger partial charge in [-0.3, -0.25) is 4.79 Å². The Labute approximate surface area is 102 Å². The average Bonchev–Trinajstić information content (AvgIpc) is 2.53. The number of carbonyl (C=O) groups excluding carboxylic acids is 1. The molecule has 0 aliphatic rings. The molecule has 0 fully saturated rings. The number of carbonyl (C=O) groups is 1. The maximum Gasteiger partial charge on any atom is 0.308 e. The Morgan fingerprint density at radius 2 is 2.12 bits per heavy atom. The minimum Gasteiger partial charge on any atom is -0.508 e. The summed E-state index contributed by atoms with van der Waals surface area (Å²) in [6.45, 7) is 3.22. The number of hydrogen-bond acceptors (Lipinski definition) is 5. The minimum absolute atomic E-state index is 0.130. The van der Waals surface area contributed by atoms with Crippen LogP contribution in [0.3, 0.4) is 0 Å². The smallest absolute Gasteiger partial charge is 0.308 e. The van der Waals surface area contributed by atoms with Crippen LogP contribution in [-0.2, 0) is 4.79 Å². The van der Waals surface area contributed by atoms with Gasteiger partial charge in [0.25, 0.3) is 0 Å². The Bertz CT molecular complexity index is 586. The fourth-order valence-electron chi connectivity index (χ4n) is 1.70. The molecule has 1 N–H and O–H groups in total. The molecule has 90 valence electrons. The lowest BCUT2D eigenvalue weighted by atomic mass is 10.2. The largest absolute Gasteiger partial charge is 0.508 e. The van der Waals surface area contributed by atoms with E-state index in [1.165, 1.54) is 31.4 Å². The van der Waals surface area contributed by atoms with Crippen molar-refractivity contribution in [3.8, 4) is 17.2 Å². The zero-order valence-electron chi connectivity index (χ0n) is 9.73. The number of esters is 1. The zero-order chi connectivity index (χ0) is 12.6. The Balaban J connectivity index is 2.74. The summed E-state index contributed by atoms with van der Waals surface area (Å²) in [5.74, 6) is 0.767. The first kappa shape index (κ1) is 11.7. The summed E-state index contributed by atoms with van der Waals surface area (Å²) in [5.41, 5.74) is 0. The summed E-state index contributed by atoms with van der Waals surface area (Å²) in [6.07, 6.45) is 0. The molecule has 1 aromatic carbocycles. The van der Waals surface area contributed by atoms with Crippen molar-refractivity contribution in [2.24, 2.45) is 0 Å². The average molecular weight is 252 g/mol. The van der Waals surface area contributed by atoms with Crippen molar-refractivity contribution >= 4 is 27.4 Å². The van der Waals surface area contributed by atoms with E-state index >= 15 is 0 Å². The first-order chi connectivity index (χ1) is 8.02. The first-order valence-electron chi connectivity index (χ1n) is 5.01. The number of thiophene rings is 1. The van der Waals surface area contributed by atoms with Crippen molar-refractivity contribution in [3.05, 3.63) is 17.0 Å².